The Balaban J connectivity index is 1.87. The molecule has 0 saturated carbocycles. The van der Waals surface area contributed by atoms with Gasteiger partial charge in [-0.25, -0.2) is 4.98 Å². The summed E-state index contributed by atoms with van der Waals surface area (Å²) in [6.07, 6.45) is -11.6. The first-order valence-corrected chi connectivity index (χ1v) is 11.7. The Morgan fingerprint density at radius 2 is 1.51 bits per heavy atom. The van der Waals surface area contributed by atoms with Crippen molar-refractivity contribution in [2.75, 3.05) is 13.2 Å². The van der Waals surface area contributed by atoms with E-state index in [1.54, 1.807) is 42.5 Å². The van der Waals surface area contributed by atoms with Crippen molar-refractivity contribution in [2.45, 2.75) is 30.8 Å². The van der Waals surface area contributed by atoms with Gasteiger partial charge in [0.25, 0.3) is 11.2 Å². The van der Waals surface area contributed by atoms with Crippen LogP contribution >= 0.6 is 0 Å². The maximum Gasteiger partial charge on any atom is 0.430 e. The van der Waals surface area contributed by atoms with E-state index in [4.69, 9.17) is 9.84 Å². The van der Waals surface area contributed by atoms with Crippen LogP contribution in [0.5, 0.6) is 5.75 Å². The highest BCUT2D eigenvalue weighted by atomic mass is 19.4. The third kappa shape index (κ3) is 5.48. The minimum atomic E-state index is -6.04. The van der Waals surface area contributed by atoms with Crippen LogP contribution in [0.2, 0.25) is 0 Å². The molecule has 1 heterocycles. The normalized spacial score (nSPS) is 12.6. The largest absolute Gasteiger partial charge is 0.493 e. The lowest BCUT2D eigenvalue weighted by Crippen LogP contribution is -2.53. The van der Waals surface area contributed by atoms with Crippen LogP contribution in [0, 0.1) is 0 Å². The summed E-state index contributed by atoms with van der Waals surface area (Å²) >= 11 is 0. The summed E-state index contributed by atoms with van der Waals surface area (Å²) in [6.45, 7) is 0.0804. The van der Waals surface area contributed by atoms with Crippen molar-refractivity contribution in [1.82, 2.24) is 9.55 Å². The van der Waals surface area contributed by atoms with Crippen molar-refractivity contribution >= 4 is 10.9 Å². The molecule has 2 N–H and O–H groups in total. The third-order valence-electron chi connectivity index (χ3n) is 6.05. The second-order valence-electron chi connectivity index (χ2n) is 8.69. The molecule has 0 fully saturated rings. The number of alkyl halides is 6. The zero-order valence-corrected chi connectivity index (χ0v) is 20.1. The quantitative estimate of drug-likeness (QED) is 0.236. The van der Waals surface area contributed by atoms with Gasteiger partial charge in [-0.3, -0.25) is 9.36 Å². The van der Waals surface area contributed by atoms with E-state index in [1.165, 1.54) is 6.07 Å². The number of halogens is 6. The molecule has 6 nitrogen and oxygen atoms in total. The highest BCUT2D eigenvalue weighted by molar-refractivity contribution is 5.79. The van der Waals surface area contributed by atoms with Crippen LogP contribution in [0.3, 0.4) is 0 Å². The van der Waals surface area contributed by atoms with E-state index < -0.39 is 29.1 Å². The van der Waals surface area contributed by atoms with E-state index in [2.05, 4.69) is 4.98 Å². The Kier molecular flexibility index (Phi) is 7.71. The minimum Gasteiger partial charge on any atom is -0.493 e. The van der Waals surface area contributed by atoms with Crippen molar-refractivity contribution in [3.63, 3.8) is 0 Å². The second-order valence-corrected chi connectivity index (χ2v) is 8.69. The number of aliphatic hydroxyl groups excluding tert-OH is 1. The molecule has 4 aromatic rings. The Morgan fingerprint density at radius 1 is 0.872 bits per heavy atom. The number of benzene rings is 3. The standard InChI is InChI=1S/C27H22F6N2O4/c28-26(29,30)25(38,27(31,32)33)18-7-9-19(10-8-18)35-23(15-17-5-2-1-3-6-17)34-22-12-11-20(39-14-4-13-36)16-21(22)24(35)37/h1-3,5-12,16,36,38H,4,13-15H2. The summed E-state index contributed by atoms with van der Waals surface area (Å²) in [5.41, 5.74) is -6.18. The summed E-state index contributed by atoms with van der Waals surface area (Å²) in [5, 5.41) is 18.8. The van der Waals surface area contributed by atoms with Crippen molar-refractivity contribution in [3.05, 3.63) is 100 Å². The summed E-state index contributed by atoms with van der Waals surface area (Å²) in [6, 6.07) is 16.2. The minimum absolute atomic E-state index is 0.0533. The van der Waals surface area contributed by atoms with E-state index in [1.807, 2.05) is 0 Å². The fraction of sp³-hybridized carbons (Fsp3) is 0.259. The van der Waals surface area contributed by atoms with Gasteiger partial charge in [0.1, 0.15) is 11.6 Å². The van der Waals surface area contributed by atoms with Gasteiger partial charge in [0.2, 0.25) is 0 Å². The maximum absolute atomic E-state index is 13.6. The van der Waals surface area contributed by atoms with Gasteiger partial charge in [-0.15, -0.1) is 0 Å². The molecular formula is C27H22F6N2O4. The average Bonchev–Trinajstić information content (AvgIpc) is 2.88. The molecular weight excluding hydrogens is 530 g/mol. The van der Waals surface area contributed by atoms with Crippen LogP contribution in [-0.4, -0.2) is 45.3 Å². The number of rotatable bonds is 8. The molecule has 0 amide bonds. The molecule has 39 heavy (non-hydrogen) atoms. The molecule has 3 aromatic carbocycles. The van der Waals surface area contributed by atoms with Gasteiger partial charge >= 0.3 is 12.4 Å². The smallest absolute Gasteiger partial charge is 0.430 e. The highest BCUT2D eigenvalue weighted by Crippen LogP contribution is 2.50. The number of fused-ring (bicyclic) bond motifs is 1. The fourth-order valence-electron chi connectivity index (χ4n) is 4.06. The maximum atomic E-state index is 13.6. The zero-order valence-electron chi connectivity index (χ0n) is 20.1. The van der Waals surface area contributed by atoms with Gasteiger partial charge < -0.3 is 14.9 Å². The number of aliphatic hydroxyl groups is 2. The van der Waals surface area contributed by atoms with Gasteiger partial charge in [-0.1, -0.05) is 42.5 Å². The number of hydrogen-bond acceptors (Lipinski definition) is 5. The van der Waals surface area contributed by atoms with Gasteiger partial charge in [0, 0.05) is 25.0 Å². The Labute approximate surface area is 217 Å². The third-order valence-corrected chi connectivity index (χ3v) is 6.05. The van der Waals surface area contributed by atoms with E-state index >= 15 is 0 Å². The highest BCUT2D eigenvalue weighted by Gasteiger charge is 2.71. The van der Waals surface area contributed by atoms with E-state index in [-0.39, 0.29) is 36.5 Å². The topological polar surface area (TPSA) is 84.6 Å². The lowest BCUT2D eigenvalue weighted by Gasteiger charge is -2.32. The number of hydrogen-bond donors (Lipinski definition) is 2. The SMILES string of the molecule is O=c1c2cc(OCCCO)ccc2nc(Cc2ccccc2)n1-c1ccc(C(O)(C(F)(F)F)C(F)(F)F)cc1. The van der Waals surface area contributed by atoms with Crippen molar-refractivity contribution in [2.24, 2.45) is 0 Å². The van der Waals surface area contributed by atoms with Gasteiger partial charge in [0.05, 0.1) is 23.2 Å². The first-order valence-electron chi connectivity index (χ1n) is 11.7. The first-order chi connectivity index (χ1) is 18.4. The first kappa shape index (κ1) is 28.1. The van der Waals surface area contributed by atoms with Crippen LogP contribution in [0.15, 0.2) is 77.6 Å². The van der Waals surface area contributed by atoms with Crippen LogP contribution in [0.4, 0.5) is 26.3 Å². The Hall–Kier alpha value is -3.90. The van der Waals surface area contributed by atoms with Crippen LogP contribution in [-0.2, 0) is 12.0 Å². The van der Waals surface area contributed by atoms with Gasteiger partial charge in [-0.2, -0.15) is 26.3 Å². The second kappa shape index (κ2) is 10.7. The van der Waals surface area contributed by atoms with E-state index in [0.29, 0.717) is 29.8 Å². The van der Waals surface area contributed by atoms with Crippen LogP contribution in [0.25, 0.3) is 16.6 Å². The molecule has 206 valence electrons. The Bertz CT molecular complexity index is 1490. The zero-order chi connectivity index (χ0) is 28.4. The van der Waals surface area contributed by atoms with E-state index in [9.17, 15) is 36.2 Å². The Morgan fingerprint density at radius 3 is 2.10 bits per heavy atom. The molecule has 0 aliphatic rings. The summed E-state index contributed by atoms with van der Waals surface area (Å²) in [7, 11) is 0. The summed E-state index contributed by atoms with van der Waals surface area (Å²) in [5.74, 6) is 0.496. The lowest BCUT2D eigenvalue weighted by molar-refractivity contribution is -0.376. The molecule has 1 aromatic heterocycles. The van der Waals surface area contributed by atoms with Crippen LogP contribution in [0.1, 0.15) is 23.4 Å². The molecule has 0 radical (unpaired) electrons. The molecule has 4 rings (SSSR count). The monoisotopic (exact) mass is 552 g/mol. The lowest BCUT2D eigenvalue weighted by atomic mass is 9.92. The van der Waals surface area contributed by atoms with Gasteiger partial charge in [0.15, 0.2) is 0 Å². The number of nitrogens with zero attached hydrogens (tertiary/aromatic N) is 2. The van der Waals surface area contributed by atoms with Crippen molar-refractivity contribution in [1.29, 1.82) is 0 Å². The summed E-state index contributed by atoms with van der Waals surface area (Å²) < 4.78 is 86.7. The molecule has 0 spiro atoms. The molecule has 0 atom stereocenters. The molecule has 0 bridgehead atoms. The number of ether oxygens (including phenoxy) is 1. The average molecular weight is 552 g/mol. The number of aromatic nitrogens is 2. The fourth-order valence-corrected chi connectivity index (χ4v) is 4.06. The van der Waals surface area contributed by atoms with Crippen molar-refractivity contribution < 1.29 is 41.3 Å². The molecule has 12 heteroatoms. The summed E-state index contributed by atoms with van der Waals surface area (Å²) in [4.78, 5) is 18.2. The van der Waals surface area contributed by atoms with E-state index in [0.717, 1.165) is 22.3 Å². The molecule has 0 aliphatic heterocycles. The van der Waals surface area contributed by atoms with Gasteiger partial charge in [-0.05, 0) is 35.9 Å². The predicted molar refractivity (Wildman–Crippen MR) is 130 cm³/mol. The predicted octanol–water partition coefficient (Wildman–Crippen LogP) is 5.05. The van der Waals surface area contributed by atoms with Crippen LogP contribution < -0.4 is 10.3 Å². The molecule has 0 unspecified atom stereocenters. The molecule has 0 saturated heterocycles. The molecule has 0 aliphatic carbocycles. The van der Waals surface area contributed by atoms with Crippen molar-refractivity contribution in [3.8, 4) is 11.4 Å².